The summed E-state index contributed by atoms with van der Waals surface area (Å²) in [6.45, 7) is -0.356. The number of halogens is 2. The highest BCUT2D eigenvalue weighted by Crippen LogP contribution is 2.26. The molecule has 0 spiro atoms. The molecule has 1 aliphatic heterocycles. The lowest BCUT2D eigenvalue weighted by Crippen LogP contribution is -2.26. The standard InChI is InChI=1S/C17H13BrFN5O3/c1-23-16-14(15(18)22-23)17(27)24(7-20-16)6-12(25)9-4-8-2-3-13(26)21-11(8)5-10(9)19/h4-5,7H,2-3,6H2,1H3,(H,21,26). The van der Waals surface area contributed by atoms with Crippen LogP contribution in [-0.2, 0) is 24.8 Å². The Bertz CT molecular complexity index is 1180. The van der Waals surface area contributed by atoms with Crippen LogP contribution in [0.25, 0.3) is 11.0 Å². The van der Waals surface area contributed by atoms with Crippen LogP contribution >= 0.6 is 15.9 Å². The van der Waals surface area contributed by atoms with Crippen molar-refractivity contribution in [2.24, 2.45) is 7.05 Å². The van der Waals surface area contributed by atoms with Gasteiger partial charge in [0.25, 0.3) is 5.56 Å². The predicted molar refractivity (Wildman–Crippen MR) is 98.2 cm³/mol. The van der Waals surface area contributed by atoms with Gasteiger partial charge in [-0.25, -0.2) is 14.1 Å². The van der Waals surface area contributed by atoms with Crippen molar-refractivity contribution < 1.29 is 14.0 Å². The lowest BCUT2D eigenvalue weighted by molar-refractivity contribution is -0.116. The predicted octanol–water partition coefficient (Wildman–Crippen LogP) is 1.80. The van der Waals surface area contributed by atoms with Crippen molar-refractivity contribution in [1.82, 2.24) is 19.3 Å². The molecule has 3 aromatic rings. The maximum absolute atomic E-state index is 14.4. The quantitative estimate of drug-likeness (QED) is 0.634. The first kappa shape index (κ1) is 17.5. The minimum Gasteiger partial charge on any atom is -0.326 e. The van der Waals surface area contributed by atoms with Crippen LogP contribution in [-0.4, -0.2) is 31.0 Å². The number of benzene rings is 1. The molecule has 10 heteroatoms. The minimum atomic E-state index is -0.745. The Balaban J connectivity index is 1.70. The van der Waals surface area contributed by atoms with Crippen LogP contribution in [0.2, 0.25) is 0 Å². The largest absolute Gasteiger partial charge is 0.326 e. The fourth-order valence-electron chi connectivity index (χ4n) is 3.10. The molecule has 0 aliphatic carbocycles. The number of carbonyl (C=O) groups is 2. The zero-order chi connectivity index (χ0) is 19.3. The molecule has 0 unspecified atom stereocenters. The number of fused-ring (bicyclic) bond motifs is 2. The van der Waals surface area contributed by atoms with E-state index >= 15 is 0 Å². The van der Waals surface area contributed by atoms with Crippen LogP contribution in [0, 0.1) is 5.82 Å². The third-order valence-electron chi connectivity index (χ3n) is 4.47. The number of amides is 1. The zero-order valence-electron chi connectivity index (χ0n) is 14.1. The summed E-state index contributed by atoms with van der Waals surface area (Å²) in [6, 6.07) is 2.57. The van der Waals surface area contributed by atoms with Gasteiger partial charge in [0, 0.05) is 19.2 Å². The Morgan fingerprint density at radius 1 is 1.33 bits per heavy atom. The first-order valence-corrected chi connectivity index (χ1v) is 8.87. The maximum atomic E-state index is 14.4. The minimum absolute atomic E-state index is 0.123. The molecule has 0 fully saturated rings. The van der Waals surface area contributed by atoms with Crippen LogP contribution in [0.1, 0.15) is 22.3 Å². The maximum Gasteiger partial charge on any atom is 0.266 e. The van der Waals surface area contributed by atoms with E-state index < -0.39 is 17.2 Å². The second-order valence-corrected chi connectivity index (χ2v) is 7.00. The molecule has 1 amide bonds. The fraction of sp³-hybridized carbons (Fsp3) is 0.235. The van der Waals surface area contributed by atoms with E-state index in [2.05, 4.69) is 31.3 Å². The lowest BCUT2D eigenvalue weighted by atomic mass is 9.98. The van der Waals surface area contributed by atoms with Gasteiger partial charge in [-0.3, -0.25) is 19.0 Å². The average Bonchev–Trinajstić information content (AvgIpc) is 2.91. The van der Waals surface area contributed by atoms with E-state index in [0.29, 0.717) is 27.9 Å². The molecule has 8 nitrogen and oxygen atoms in total. The molecule has 0 atom stereocenters. The molecule has 4 rings (SSSR count). The molecule has 1 aliphatic rings. The molecule has 27 heavy (non-hydrogen) atoms. The molecule has 1 aromatic carbocycles. The summed E-state index contributed by atoms with van der Waals surface area (Å²) in [6.07, 6.45) is 1.95. The highest BCUT2D eigenvalue weighted by atomic mass is 79.9. The summed E-state index contributed by atoms with van der Waals surface area (Å²) in [7, 11) is 1.65. The van der Waals surface area contributed by atoms with Crippen molar-refractivity contribution in [2.75, 3.05) is 5.32 Å². The van der Waals surface area contributed by atoms with Crippen molar-refractivity contribution in [1.29, 1.82) is 0 Å². The smallest absolute Gasteiger partial charge is 0.266 e. The second-order valence-electron chi connectivity index (χ2n) is 6.25. The monoisotopic (exact) mass is 433 g/mol. The summed E-state index contributed by atoms with van der Waals surface area (Å²) in [5, 5.41) is 6.91. The van der Waals surface area contributed by atoms with E-state index in [1.807, 2.05) is 0 Å². The number of aromatic nitrogens is 4. The summed E-state index contributed by atoms with van der Waals surface area (Å²) in [5.74, 6) is -1.49. The second kappa shape index (κ2) is 6.38. The highest BCUT2D eigenvalue weighted by molar-refractivity contribution is 9.10. The van der Waals surface area contributed by atoms with Crippen LogP contribution in [0.3, 0.4) is 0 Å². The summed E-state index contributed by atoms with van der Waals surface area (Å²) in [4.78, 5) is 40.8. The lowest BCUT2D eigenvalue weighted by Gasteiger charge is -2.18. The third kappa shape index (κ3) is 2.95. The first-order valence-electron chi connectivity index (χ1n) is 8.08. The van der Waals surface area contributed by atoms with E-state index in [-0.39, 0.29) is 29.8 Å². The van der Waals surface area contributed by atoms with Gasteiger partial charge in [-0.2, -0.15) is 5.10 Å². The van der Waals surface area contributed by atoms with Gasteiger partial charge in [0.1, 0.15) is 22.1 Å². The van der Waals surface area contributed by atoms with Gasteiger partial charge in [-0.15, -0.1) is 0 Å². The molecule has 0 saturated heterocycles. The molecule has 3 heterocycles. The number of hydrogen-bond acceptors (Lipinski definition) is 5. The molecule has 1 N–H and O–H groups in total. The first-order chi connectivity index (χ1) is 12.8. The Morgan fingerprint density at radius 3 is 2.89 bits per heavy atom. The van der Waals surface area contributed by atoms with Crippen LogP contribution in [0.15, 0.2) is 27.9 Å². The molecule has 0 saturated carbocycles. The van der Waals surface area contributed by atoms with Crippen LogP contribution in [0.4, 0.5) is 10.1 Å². The number of aryl methyl sites for hydroxylation is 2. The third-order valence-corrected chi connectivity index (χ3v) is 5.03. The molecule has 0 bridgehead atoms. The van der Waals surface area contributed by atoms with Crippen molar-refractivity contribution in [2.45, 2.75) is 19.4 Å². The van der Waals surface area contributed by atoms with Gasteiger partial charge in [0.2, 0.25) is 5.91 Å². The number of hydrogen-bond donors (Lipinski definition) is 1. The average molecular weight is 434 g/mol. The topological polar surface area (TPSA) is 98.9 Å². The van der Waals surface area contributed by atoms with Gasteiger partial charge >= 0.3 is 0 Å². The number of ketones is 1. The van der Waals surface area contributed by atoms with Crippen molar-refractivity contribution >= 4 is 44.3 Å². The van der Waals surface area contributed by atoms with Crippen molar-refractivity contribution in [3.8, 4) is 0 Å². The normalized spacial score (nSPS) is 13.5. The molecule has 0 radical (unpaired) electrons. The van der Waals surface area contributed by atoms with E-state index in [4.69, 9.17) is 0 Å². The van der Waals surface area contributed by atoms with Gasteiger partial charge < -0.3 is 5.32 Å². The molecule has 138 valence electrons. The number of nitrogens with zero attached hydrogens (tertiary/aromatic N) is 4. The van der Waals surface area contributed by atoms with E-state index in [0.717, 1.165) is 10.6 Å². The number of nitrogens with one attached hydrogen (secondary N) is 1. The summed E-state index contributed by atoms with van der Waals surface area (Å²) >= 11 is 3.21. The number of rotatable bonds is 3. The van der Waals surface area contributed by atoms with Crippen LogP contribution < -0.4 is 10.9 Å². The number of carbonyl (C=O) groups excluding carboxylic acids is 2. The molecule has 2 aromatic heterocycles. The van der Waals surface area contributed by atoms with Crippen molar-refractivity contribution in [3.63, 3.8) is 0 Å². The summed E-state index contributed by atoms with van der Waals surface area (Å²) < 4.78 is 17.3. The SMILES string of the molecule is Cn1nc(Br)c2c(=O)n(CC(=O)c3cc4c(cc3F)NC(=O)CC4)cnc21. The Morgan fingerprint density at radius 2 is 2.11 bits per heavy atom. The zero-order valence-corrected chi connectivity index (χ0v) is 15.7. The van der Waals surface area contributed by atoms with Gasteiger partial charge in [0.05, 0.1) is 12.1 Å². The van der Waals surface area contributed by atoms with Crippen molar-refractivity contribution in [3.05, 3.63) is 50.4 Å². The molecular weight excluding hydrogens is 421 g/mol. The number of Topliss-reactive ketones (excluding diaryl/α,β-unsaturated/α-hetero) is 1. The Hall–Kier alpha value is -2.88. The highest BCUT2D eigenvalue weighted by Gasteiger charge is 2.22. The van der Waals surface area contributed by atoms with E-state index in [1.165, 1.54) is 17.1 Å². The molecular formula is C17H13BrFN5O3. The van der Waals surface area contributed by atoms with E-state index in [1.54, 1.807) is 7.05 Å². The Labute approximate surface area is 160 Å². The number of anilines is 1. The Kier molecular flexibility index (Phi) is 4.14. The fourth-order valence-corrected chi connectivity index (χ4v) is 3.69. The van der Waals surface area contributed by atoms with Gasteiger partial charge in [-0.1, -0.05) is 0 Å². The van der Waals surface area contributed by atoms with Crippen LogP contribution in [0.5, 0.6) is 0 Å². The van der Waals surface area contributed by atoms with Gasteiger partial charge in [0.15, 0.2) is 11.4 Å². The van der Waals surface area contributed by atoms with E-state index in [9.17, 15) is 18.8 Å². The summed E-state index contributed by atoms with van der Waals surface area (Å²) in [5.41, 5.74) is 0.877. The van der Waals surface area contributed by atoms with Gasteiger partial charge in [-0.05, 0) is 40.0 Å².